The molecule has 0 aliphatic heterocycles. The largest absolute Gasteiger partial charge is 0.490 e. The lowest BCUT2D eigenvalue weighted by Gasteiger charge is -2.08. The highest BCUT2D eigenvalue weighted by Crippen LogP contribution is 2.27. The van der Waals surface area contributed by atoms with Gasteiger partial charge in [-0.25, -0.2) is 9.59 Å². The van der Waals surface area contributed by atoms with Crippen LogP contribution < -0.4 is 4.74 Å². The van der Waals surface area contributed by atoms with Gasteiger partial charge in [0, 0.05) is 6.07 Å². The molecule has 0 atom stereocenters. The smallest absolute Gasteiger partial charge is 0.474 e. The van der Waals surface area contributed by atoms with Gasteiger partial charge in [-0.1, -0.05) is 0 Å². The molecule has 0 unspecified atom stereocenters. The number of methoxy groups -OCH3 is 1. The molecule has 0 amide bonds. The summed E-state index contributed by atoms with van der Waals surface area (Å²) in [5, 5.41) is 10.9. The van der Waals surface area contributed by atoms with Crippen molar-refractivity contribution in [1.29, 1.82) is 0 Å². The Morgan fingerprint density at radius 3 is 2.57 bits per heavy atom. The standard InChI is InChI=1S/C11H9F3N2O7/c1-21-9(17)5-22-8-3-15-6(2-7(8)16(19)20)4-23-10(18)11(12,13)14/h2-3H,4-5H2,1H3. The van der Waals surface area contributed by atoms with E-state index in [0.717, 1.165) is 19.4 Å². The number of ether oxygens (including phenoxy) is 3. The van der Waals surface area contributed by atoms with Gasteiger partial charge in [0.15, 0.2) is 6.61 Å². The molecule has 0 bridgehead atoms. The van der Waals surface area contributed by atoms with Crippen LogP contribution in [0.25, 0.3) is 0 Å². The number of hydrogen-bond donors (Lipinski definition) is 0. The second kappa shape index (κ2) is 7.38. The van der Waals surface area contributed by atoms with Gasteiger partial charge >= 0.3 is 23.8 Å². The molecular formula is C11H9F3N2O7. The monoisotopic (exact) mass is 338 g/mol. The van der Waals surface area contributed by atoms with E-state index < -0.39 is 47.7 Å². The first-order valence-electron chi connectivity index (χ1n) is 5.72. The minimum absolute atomic E-state index is 0.306. The van der Waals surface area contributed by atoms with E-state index in [2.05, 4.69) is 14.5 Å². The minimum atomic E-state index is -5.19. The highest BCUT2D eigenvalue weighted by molar-refractivity contribution is 5.75. The fourth-order valence-corrected chi connectivity index (χ4v) is 1.22. The first-order chi connectivity index (χ1) is 10.6. The Bertz CT molecular complexity index is 618. The Labute approximate surface area is 126 Å². The van der Waals surface area contributed by atoms with Crippen molar-refractivity contribution in [2.45, 2.75) is 12.8 Å². The van der Waals surface area contributed by atoms with E-state index in [-0.39, 0.29) is 5.69 Å². The first kappa shape index (κ1) is 18.1. The molecule has 126 valence electrons. The number of carbonyl (C=O) groups is 2. The van der Waals surface area contributed by atoms with Crippen LogP contribution in [0.15, 0.2) is 12.3 Å². The molecule has 0 spiro atoms. The van der Waals surface area contributed by atoms with Gasteiger partial charge in [-0.2, -0.15) is 13.2 Å². The number of aromatic nitrogens is 1. The molecule has 0 saturated carbocycles. The molecule has 9 nitrogen and oxygen atoms in total. The normalized spacial score (nSPS) is 10.8. The molecule has 0 aromatic carbocycles. The molecule has 1 aromatic rings. The molecule has 23 heavy (non-hydrogen) atoms. The Balaban J connectivity index is 2.85. The summed E-state index contributed by atoms with van der Waals surface area (Å²) in [5.41, 5.74) is -0.971. The number of nitrogens with zero attached hydrogens (tertiary/aromatic N) is 2. The first-order valence-corrected chi connectivity index (χ1v) is 5.72. The Kier molecular flexibility index (Phi) is 5.81. The number of hydrogen-bond acceptors (Lipinski definition) is 8. The van der Waals surface area contributed by atoms with Crippen molar-refractivity contribution >= 4 is 17.6 Å². The summed E-state index contributed by atoms with van der Waals surface area (Å²) in [6.07, 6.45) is -4.37. The number of halogens is 3. The average Bonchev–Trinajstić information content (AvgIpc) is 2.49. The zero-order valence-corrected chi connectivity index (χ0v) is 11.5. The zero-order valence-electron chi connectivity index (χ0n) is 11.5. The third-order valence-electron chi connectivity index (χ3n) is 2.26. The third kappa shape index (κ3) is 5.41. The quantitative estimate of drug-likeness (QED) is 0.430. The molecule has 0 aliphatic carbocycles. The predicted octanol–water partition coefficient (Wildman–Crippen LogP) is 1.15. The number of nitro groups is 1. The van der Waals surface area contributed by atoms with E-state index in [1.54, 1.807) is 0 Å². The zero-order chi connectivity index (χ0) is 17.6. The van der Waals surface area contributed by atoms with Crippen LogP contribution in [0.3, 0.4) is 0 Å². The fourth-order valence-electron chi connectivity index (χ4n) is 1.22. The lowest BCUT2D eigenvalue weighted by Crippen LogP contribution is -2.25. The molecule has 0 aliphatic rings. The van der Waals surface area contributed by atoms with Crippen LogP contribution in [0, 0.1) is 10.1 Å². The molecule has 0 fully saturated rings. The molecule has 1 rings (SSSR count). The summed E-state index contributed by atoms with van der Waals surface area (Å²) in [7, 11) is 1.08. The summed E-state index contributed by atoms with van der Waals surface area (Å²) < 4.78 is 48.9. The Morgan fingerprint density at radius 1 is 1.39 bits per heavy atom. The summed E-state index contributed by atoms with van der Waals surface area (Å²) in [6, 6.07) is 0.760. The van der Waals surface area contributed by atoms with Crippen molar-refractivity contribution < 1.29 is 41.9 Å². The van der Waals surface area contributed by atoms with Gasteiger partial charge in [-0.15, -0.1) is 0 Å². The fraction of sp³-hybridized carbons (Fsp3) is 0.364. The number of carbonyl (C=O) groups excluding carboxylic acids is 2. The molecule has 0 N–H and O–H groups in total. The Morgan fingerprint density at radius 2 is 2.04 bits per heavy atom. The average molecular weight is 338 g/mol. The van der Waals surface area contributed by atoms with Crippen LogP contribution in [-0.4, -0.2) is 41.7 Å². The molecule has 0 saturated heterocycles. The van der Waals surface area contributed by atoms with Crippen molar-refractivity contribution in [2.24, 2.45) is 0 Å². The molecule has 12 heteroatoms. The lowest BCUT2D eigenvalue weighted by atomic mass is 10.3. The van der Waals surface area contributed by atoms with Crippen LogP contribution in [0.5, 0.6) is 5.75 Å². The van der Waals surface area contributed by atoms with Gasteiger partial charge in [-0.3, -0.25) is 15.1 Å². The lowest BCUT2D eigenvalue weighted by molar-refractivity contribution is -0.386. The van der Waals surface area contributed by atoms with E-state index in [4.69, 9.17) is 4.74 Å². The van der Waals surface area contributed by atoms with Crippen LogP contribution in [0.1, 0.15) is 5.69 Å². The second-order valence-electron chi connectivity index (χ2n) is 3.84. The van der Waals surface area contributed by atoms with Crippen molar-refractivity contribution in [1.82, 2.24) is 4.98 Å². The van der Waals surface area contributed by atoms with Crippen molar-refractivity contribution in [3.05, 3.63) is 28.1 Å². The Hall–Kier alpha value is -2.92. The van der Waals surface area contributed by atoms with E-state index in [1.807, 2.05) is 0 Å². The second-order valence-corrected chi connectivity index (χ2v) is 3.84. The van der Waals surface area contributed by atoms with Gasteiger partial charge in [0.25, 0.3) is 0 Å². The van der Waals surface area contributed by atoms with E-state index in [0.29, 0.717) is 0 Å². The van der Waals surface area contributed by atoms with Crippen LogP contribution >= 0.6 is 0 Å². The van der Waals surface area contributed by atoms with E-state index in [1.165, 1.54) is 0 Å². The third-order valence-corrected chi connectivity index (χ3v) is 2.26. The van der Waals surface area contributed by atoms with Crippen LogP contribution in [-0.2, 0) is 25.7 Å². The predicted molar refractivity (Wildman–Crippen MR) is 64.3 cm³/mol. The molecule has 0 radical (unpaired) electrons. The summed E-state index contributed by atoms with van der Waals surface area (Å²) in [5.74, 6) is -3.65. The van der Waals surface area contributed by atoms with Gasteiger partial charge in [0.2, 0.25) is 5.75 Å². The van der Waals surface area contributed by atoms with Gasteiger partial charge in [-0.05, 0) is 0 Å². The maximum Gasteiger partial charge on any atom is 0.490 e. The van der Waals surface area contributed by atoms with E-state index in [9.17, 15) is 32.9 Å². The molecule has 1 heterocycles. The summed E-state index contributed by atoms with van der Waals surface area (Å²) in [4.78, 5) is 35.0. The van der Waals surface area contributed by atoms with Gasteiger partial charge in [0.05, 0.1) is 23.9 Å². The van der Waals surface area contributed by atoms with Crippen molar-refractivity contribution in [2.75, 3.05) is 13.7 Å². The molecule has 1 aromatic heterocycles. The maximum atomic E-state index is 12.0. The van der Waals surface area contributed by atoms with Gasteiger partial charge < -0.3 is 14.2 Å². The van der Waals surface area contributed by atoms with Crippen molar-refractivity contribution in [3.8, 4) is 5.75 Å². The van der Waals surface area contributed by atoms with E-state index >= 15 is 0 Å². The number of pyridine rings is 1. The summed E-state index contributed by atoms with van der Waals surface area (Å²) in [6.45, 7) is -1.54. The van der Waals surface area contributed by atoms with Crippen molar-refractivity contribution in [3.63, 3.8) is 0 Å². The van der Waals surface area contributed by atoms with Crippen LogP contribution in [0.2, 0.25) is 0 Å². The number of alkyl halides is 3. The van der Waals surface area contributed by atoms with Gasteiger partial charge in [0.1, 0.15) is 6.61 Å². The van der Waals surface area contributed by atoms with Crippen LogP contribution in [0.4, 0.5) is 18.9 Å². The number of rotatable bonds is 6. The molecular weight excluding hydrogens is 329 g/mol. The SMILES string of the molecule is COC(=O)COc1cnc(COC(=O)C(F)(F)F)cc1[N+](=O)[O-]. The summed E-state index contributed by atoms with van der Waals surface area (Å²) >= 11 is 0. The highest BCUT2D eigenvalue weighted by atomic mass is 19.4. The minimum Gasteiger partial charge on any atom is -0.474 e. The number of esters is 2. The maximum absolute atomic E-state index is 12.0. The topological polar surface area (TPSA) is 118 Å². The highest BCUT2D eigenvalue weighted by Gasteiger charge is 2.41.